The molecule has 0 atom stereocenters. The number of rotatable bonds is 8. The van der Waals surface area contributed by atoms with E-state index in [1.54, 1.807) is 7.11 Å². The van der Waals surface area contributed by atoms with E-state index in [4.69, 9.17) is 9.84 Å². The second-order valence-electron chi connectivity index (χ2n) is 6.18. The Hall–Kier alpha value is -0.910. The van der Waals surface area contributed by atoms with Crippen LogP contribution < -0.4 is 5.32 Å². The summed E-state index contributed by atoms with van der Waals surface area (Å²) in [7, 11) is 1.77. The maximum absolute atomic E-state index is 9.09. The summed E-state index contributed by atoms with van der Waals surface area (Å²) in [4.78, 5) is 0. The molecule has 1 saturated carbocycles. The number of aliphatic hydroxyl groups excluding tert-OH is 1. The summed E-state index contributed by atoms with van der Waals surface area (Å²) in [6.45, 7) is 6.51. The third-order valence-corrected chi connectivity index (χ3v) is 4.83. The van der Waals surface area contributed by atoms with Crippen LogP contribution in [-0.4, -0.2) is 40.7 Å². The number of aliphatic hydroxyl groups is 1. The fourth-order valence-corrected chi connectivity index (χ4v) is 3.44. The van der Waals surface area contributed by atoms with Crippen molar-refractivity contribution < 1.29 is 9.84 Å². The first-order valence-corrected chi connectivity index (χ1v) is 7.99. The molecule has 1 fully saturated rings. The lowest BCUT2D eigenvalue weighted by Crippen LogP contribution is -2.43. The lowest BCUT2D eigenvalue weighted by Gasteiger charge is -2.30. The Bertz CT molecular complexity index is 451. The second-order valence-corrected chi connectivity index (χ2v) is 6.18. The molecule has 0 bridgehead atoms. The Labute approximate surface area is 127 Å². The molecule has 1 aliphatic carbocycles. The molecule has 0 aromatic carbocycles. The molecule has 2 N–H and O–H groups in total. The van der Waals surface area contributed by atoms with Crippen LogP contribution in [0.25, 0.3) is 0 Å². The fourth-order valence-electron chi connectivity index (χ4n) is 3.44. The van der Waals surface area contributed by atoms with Gasteiger partial charge in [-0.05, 0) is 33.1 Å². The molecular weight excluding hydrogens is 266 g/mol. The maximum atomic E-state index is 9.09. The van der Waals surface area contributed by atoms with E-state index in [2.05, 4.69) is 17.3 Å². The van der Waals surface area contributed by atoms with Gasteiger partial charge in [0.05, 0.1) is 18.8 Å². The lowest BCUT2D eigenvalue weighted by molar-refractivity contribution is 0.154. The first kappa shape index (κ1) is 16.5. The van der Waals surface area contributed by atoms with Gasteiger partial charge in [0.2, 0.25) is 0 Å². The Morgan fingerprint density at radius 3 is 2.67 bits per heavy atom. The summed E-state index contributed by atoms with van der Waals surface area (Å²) in [6.07, 6.45) is 6.15. The van der Waals surface area contributed by atoms with Gasteiger partial charge in [0.1, 0.15) is 0 Å². The molecule has 120 valence electrons. The van der Waals surface area contributed by atoms with Crippen LogP contribution in [0.4, 0.5) is 0 Å². The number of hydrogen-bond donors (Lipinski definition) is 2. The molecule has 1 aromatic heterocycles. The first-order valence-electron chi connectivity index (χ1n) is 7.99. The zero-order valence-corrected chi connectivity index (χ0v) is 13.6. The van der Waals surface area contributed by atoms with Gasteiger partial charge in [-0.25, -0.2) is 0 Å². The van der Waals surface area contributed by atoms with Crippen LogP contribution in [0.5, 0.6) is 0 Å². The summed E-state index contributed by atoms with van der Waals surface area (Å²) in [6, 6.07) is 0. The molecule has 1 heterocycles. The standard InChI is InChI=1S/C16H29N3O2/c1-13-15(14(2)19(18-13)9-10-20)12-17-16(8-11-21-3)6-4-5-7-16/h17,20H,4-12H2,1-3H3. The van der Waals surface area contributed by atoms with Crippen molar-refractivity contribution >= 4 is 0 Å². The Morgan fingerprint density at radius 1 is 1.33 bits per heavy atom. The highest BCUT2D eigenvalue weighted by Gasteiger charge is 2.33. The van der Waals surface area contributed by atoms with E-state index >= 15 is 0 Å². The average Bonchev–Trinajstić information content (AvgIpc) is 3.03. The summed E-state index contributed by atoms with van der Waals surface area (Å²) in [5.41, 5.74) is 3.72. The van der Waals surface area contributed by atoms with Crippen LogP contribution in [0, 0.1) is 13.8 Å². The molecule has 1 aromatic rings. The molecule has 1 aliphatic rings. The van der Waals surface area contributed by atoms with Gasteiger partial charge in [-0.1, -0.05) is 12.8 Å². The highest BCUT2D eigenvalue weighted by Crippen LogP contribution is 2.33. The van der Waals surface area contributed by atoms with Gasteiger partial charge in [-0.3, -0.25) is 4.68 Å². The fraction of sp³-hybridized carbons (Fsp3) is 0.812. The number of nitrogens with zero attached hydrogens (tertiary/aromatic N) is 2. The third-order valence-electron chi connectivity index (χ3n) is 4.83. The molecule has 0 aliphatic heterocycles. The monoisotopic (exact) mass is 295 g/mol. The van der Waals surface area contributed by atoms with Crippen molar-refractivity contribution in [1.82, 2.24) is 15.1 Å². The maximum Gasteiger partial charge on any atom is 0.0644 e. The van der Waals surface area contributed by atoms with Crippen LogP contribution in [0.3, 0.4) is 0 Å². The van der Waals surface area contributed by atoms with Crippen molar-refractivity contribution in [3.05, 3.63) is 17.0 Å². The van der Waals surface area contributed by atoms with Crippen molar-refractivity contribution in [3.8, 4) is 0 Å². The Kier molecular flexibility index (Phi) is 5.79. The first-order chi connectivity index (χ1) is 10.1. The summed E-state index contributed by atoms with van der Waals surface area (Å²) in [5, 5.41) is 17.4. The van der Waals surface area contributed by atoms with Crippen LogP contribution in [0.1, 0.15) is 49.1 Å². The lowest BCUT2D eigenvalue weighted by atomic mass is 9.93. The largest absolute Gasteiger partial charge is 0.394 e. The van der Waals surface area contributed by atoms with E-state index in [0.29, 0.717) is 6.54 Å². The second kappa shape index (κ2) is 7.38. The van der Waals surface area contributed by atoms with Crippen LogP contribution >= 0.6 is 0 Å². The van der Waals surface area contributed by atoms with Crippen molar-refractivity contribution in [1.29, 1.82) is 0 Å². The molecule has 0 saturated heterocycles. The van der Waals surface area contributed by atoms with Crippen molar-refractivity contribution in [2.75, 3.05) is 20.3 Å². The van der Waals surface area contributed by atoms with Gasteiger partial charge >= 0.3 is 0 Å². The zero-order valence-electron chi connectivity index (χ0n) is 13.6. The molecule has 5 nitrogen and oxygen atoms in total. The molecule has 0 unspecified atom stereocenters. The predicted octanol–water partition coefficient (Wildman–Crippen LogP) is 1.93. The van der Waals surface area contributed by atoms with Gasteiger partial charge in [0.15, 0.2) is 0 Å². The number of nitrogens with one attached hydrogen (secondary N) is 1. The van der Waals surface area contributed by atoms with Gasteiger partial charge in [-0.2, -0.15) is 5.10 Å². The molecule has 2 rings (SSSR count). The SMILES string of the molecule is COCCC1(NCc2c(C)nn(CCO)c2C)CCCC1. The Balaban J connectivity index is 2.04. The van der Waals surface area contributed by atoms with Crippen LogP contribution in [0.2, 0.25) is 0 Å². The number of methoxy groups -OCH3 is 1. The van der Waals surface area contributed by atoms with Gasteiger partial charge < -0.3 is 15.2 Å². The van der Waals surface area contributed by atoms with E-state index in [0.717, 1.165) is 31.0 Å². The zero-order chi connectivity index (χ0) is 15.3. The van der Waals surface area contributed by atoms with E-state index in [1.165, 1.54) is 31.2 Å². The highest BCUT2D eigenvalue weighted by atomic mass is 16.5. The molecular formula is C16H29N3O2. The molecule has 5 heteroatoms. The summed E-state index contributed by atoms with van der Waals surface area (Å²) >= 11 is 0. The van der Waals surface area contributed by atoms with E-state index in [-0.39, 0.29) is 12.1 Å². The molecule has 0 radical (unpaired) electrons. The molecule has 21 heavy (non-hydrogen) atoms. The Morgan fingerprint density at radius 2 is 2.05 bits per heavy atom. The van der Waals surface area contributed by atoms with Crippen molar-refractivity contribution in [3.63, 3.8) is 0 Å². The van der Waals surface area contributed by atoms with Gasteiger partial charge in [0.25, 0.3) is 0 Å². The smallest absolute Gasteiger partial charge is 0.0644 e. The summed E-state index contributed by atoms with van der Waals surface area (Å²) in [5.74, 6) is 0. The highest BCUT2D eigenvalue weighted by molar-refractivity contribution is 5.24. The van der Waals surface area contributed by atoms with Crippen LogP contribution in [-0.2, 0) is 17.8 Å². The summed E-state index contributed by atoms with van der Waals surface area (Å²) < 4.78 is 7.19. The van der Waals surface area contributed by atoms with E-state index < -0.39 is 0 Å². The number of aryl methyl sites for hydroxylation is 1. The van der Waals surface area contributed by atoms with E-state index in [1.807, 2.05) is 11.6 Å². The minimum Gasteiger partial charge on any atom is -0.394 e. The van der Waals surface area contributed by atoms with Gasteiger partial charge in [0, 0.05) is 37.1 Å². The molecule has 0 spiro atoms. The van der Waals surface area contributed by atoms with E-state index in [9.17, 15) is 0 Å². The number of hydrogen-bond acceptors (Lipinski definition) is 4. The third kappa shape index (κ3) is 3.84. The van der Waals surface area contributed by atoms with Crippen LogP contribution in [0.15, 0.2) is 0 Å². The molecule has 0 amide bonds. The van der Waals surface area contributed by atoms with Crippen molar-refractivity contribution in [2.24, 2.45) is 0 Å². The topological polar surface area (TPSA) is 59.3 Å². The number of aromatic nitrogens is 2. The minimum atomic E-state index is 0.132. The van der Waals surface area contributed by atoms with Gasteiger partial charge in [-0.15, -0.1) is 0 Å². The normalized spacial score (nSPS) is 17.5. The number of ether oxygens (including phenoxy) is 1. The average molecular weight is 295 g/mol. The quantitative estimate of drug-likeness (QED) is 0.769. The predicted molar refractivity (Wildman–Crippen MR) is 83.3 cm³/mol. The van der Waals surface area contributed by atoms with Crippen molar-refractivity contribution in [2.45, 2.75) is 64.6 Å². The minimum absolute atomic E-state index is 0.132.